The summed E-state index contributed by atoms with van der Waals surface area (Å²) in [5.41, 5.74) is 5.22. The van der Waals surface area contributed by atoms with Gasteiger partial charge in [-0.15, -0.1) is 0 Å². The Morgan fingerprint density at radius 3 is 2.59 bits per heavy atom. The summed E-state index contributed by atoms with van der Waals surface area (Å²) in [5, 5.41) is 1.55. The minimum absolute atomic E-state index is 0.164. The molecule has 2 amide bonds. The number of pyridine rings is 1. The van der Waals surface area contributed by atoms with Crippen LogP contribution in [0.15, 0.2) is 18.3 Å². The van der Waals surface area contributed by atoms with Gasteiger partial charge in [-0.05, 0) is 59.6 Å². The Labute approximate surface area is 193 Å². The van der Waals surface area contributed by atoms with Gasteiger partial charge in [0.1, 0.15) is 17.5 Å². The number of benzene rings is 1. The van der Waals surface area contributed by atoms with Gasteiger partial charge in [-0.25, -0.2) is 9.78 Å². The number of piperidine rings is 1. The van der Waals surface area contributed by atoms with Crippen molar-refractivity contribution in [2.24, 2.45) is 5.73 Å². The van der Waals surface area contributed by atoms with E-state index in [1.54, 1.807) is 17.0 Å². The second-order valence-corrected chi connectivity index (χ2v) is 9.55. The van der Waals surface area contributed by atoms with Crippen LogP contribution in [0.2, 0.25) is 5.02 Å². The van der Waals surface area contributed by atoms with E-state index < -0.39 is 11.5 Å². The van der Waals surface area contributed by atoms with Crippen molar-refractivity contribution < 1.29 is 23.8 Å². The Balaban J connectivity index is 1.90. The Kier molecular flexibility index (Phi) is 7.03. The van der Waals surface area contributed by atoms with E-state index in [1.807, 2.05) is 34.6 Å². The lowest BCUT2D eigenvalue weighted by molar-refractivity contribution is 0.00743. The third-order valence-electron chi connectivity index (χ3n) is 4.84. The number of rotatable bonds is 5. The molecule has 9 heteroatoms. The Morgan fingerprint density at radius 1 is 1.25 bits per heavy atom. The van der Waals surface area contributed by atoms with E-state index in [0.29, 0.717) is 40.5 Å². The zero-order valence-electron chi connectivity index (χ0n) is 19.1. The largest absolute Gasteiger partial charge is 0.490 e. The highest BCUT2D eigenvalue weighted by atomic mass is 35.5. The second kappa shape index (κ2) is 9.40. The number of carbonyl (C=O) groups excluding carboxylic acids is 2. The molecule has 1 unspecified atom stereocenters. The lowest BCUT2D eigenvalue weighted by atomic mass is 10.1. The molecule has 1 atom stereocenters. The first-order chi connectivity index (χ1) is 14.9. The lowest BCUT2D eigenvalue weighted by Crippen LogP contribution is -2.46. The maximum absolute atomic E-state index is 12.5. The van der Waals surface area contributed by atoms with Crippen molar-refractivity contribution >= 4 is 34.4 Å². The molecular weight excluding hydrogens is 434 g/mol. The van der Waals surface area contributed by atoms with E-state index in [4.69, 9.17) is 31.5 Å². The zero-order chi connectivity index (χ0) is 23.6. The van der Waals surface area contributed by atoms with Gasteiger partial charge in [0.15, 0.2) is 0 Å². The molecule has 2 N–H and O–H groups in total. The Hall–Kier alpha value is -2.74. The first-order valence-corrected chi connectivity index (χ1v) is 11.1. The van der Waals surface area contributed by atoms with Gasteiger partial charge in [0.25, 0.3) is 5.91 Å². The first-order valence-electron chi connectivity index (χ1n) is 10.7. The van der Waals surface area contributed by atoms with Crippen LogP contribution in [0.5, 0.6) is 11.6 Å². The predicted octanol–water partition coefficient (Wildman–Crippen LogP) is 4.55. The van der Waals surface area contributed by atoms with Gasteiger partial charge in [0.05, 0.1) is 29.4 Å². The fourth-order valence-electron chi connectivity index (χ4n) is 3.53. The van der Waals surface area contributed by atoms with Crippen LogP contribution in [0, 0.1) is 0 Å². The van der Waals surface area contributed by atoms with E-state index >= 15 is 0 Å². The van der Waals surface area contributed by atoms with Crippen LogP contribution in [-0.2, 0) is 4.74 Å². The van der Waals surface area contributed by atoms with Gasteiger partial charge in [0, 0.05) is 17.3 Å². The summed E-state index contributed by atoms with van der Waals surface area (Å²) in [5.74, 6) is 0.0798. The number of fused-ring (bicyclic) bond motifs is 1. The van der Waals surface area contributed by atoms with Crippen LogP contribution in [0.1, 0.15) is 57.8 Å². The van der Waals surface area contributed by atoms with Gasteiger partial charge in [-0.3, -0.25) is 4.79 Å². The number of likely N-dealkylation sites (tertiary alicyclic amines) is 1. The van der Waals surface area contributed by atoms with Gasteiger partial charge in [0.2, 0.25) is 5.88 Å². The number of primary amides is 1. The highest BCUT2D eigenvalue weighted by molar-refractivity contribution is 6.35. The van der Waals surface area contributed by atoms with Crippen molar-refractivity contribution in [1.82, 2.24) is 9.88 Å². The highest BCUT2D eigenvalue weighted by Crippen LogP contribution is 2.36. The molecule has 0 bridgehead atoms. The van der Waals surface area contributed by atoms with E-state index in [1.165, 1.54) is 6.20 Å². The topological polar surface area (TPSA) is 104 Å². The van der Waals surface area contributed by atoms with E-state index in [9.17, 15) is 9.59 Å². The summed E-state index contributed by atoms with van der Waals surface area (Å²) in [6.45, 7) is 10.2. The van der Waals surface area contributed by atoms with Gasteiger partial charge in [-0.1, -0.05) is 11.6 Å². The van der Waals surface area contributed by atoms with Crippen molar-refractivity contribution in [1.29, 1.82) is 0 Å². The molecule has 0 saturated carbocycles. The molecule has 0 aliphatic carbocycles. The van der Waals surface area contributed by atoms with Crippen LogP contribution in [0.4, 0.5) is 4.79 Å². The number of halogens is 1. The number of hydrogen-bond donors (Lipinski definition) is 1. The van der Waals surface area contributed by atoms with Crippen LogP contribution in [0.25, 0.3) is 10.8 Å². The maximum Gasteiger partial charge on any atom is 0.410 e. The van der Waals surface area contributed by atoms with E-state index in [2.05, 4.69) is 4.98 Å². The standard InChI is InChI=1S/C23H30ClN3O5/c1-13(2)30-19-10-16-15(9-17(19)20(25)28)18(24)11-26-21(16)31-14-7-6-8-27(12-14)22(29)32-23(3,4)5/h9-11,13-14H,6-8,12H2,1-5H3,(H2,25,28). The molecule has 174 valence electrons. The molecular formula is C23H30ClN3O5. The summed E-state index contributed by atoms with van der Waals surface area (Å²) in [6, 6.07) is 3.28. The number of carbonyl (C=O) groups is 2. The molecule has 1 aliphatic rings. The molecule has 2 heterocycles. The van der Waals surface area contributed by atoms with Gasteiger partial charge in [-0.2, -0.15) is 0 Å². The summed E-state index contributed by atoms with van der Waals surface area (Å²) < 4.78 is 17.5. The lowest BCUT2D eigenvalue weighted by Gasteiger charge is -2.34. The number of nitrogens with two attached hydrogens (primary N) is 1. The van der Waals surface area contributed by atoms with Gasteiger partial charge >= 0.3 is 6.09 Å². The molecule has 1 aromatic carbocycles. The van der Waals surface area contributed by atoms with Crippen molar-refractivity contribution in [3.05, 3.63) is 28.9 Å². The fourth-order valence-corrected chi connectivity index (χ4v) is 3.74. The molecule has 32 heavy (non-hydrogen) atoms. The molecule has 0 spiro atoms. The number of ether oxygens (including phenoxy) is 3. The molecule has 1 aliphatic heterocycles. The average molecular weight is 464 g/mol. The average Bonchev–Trinajstić information content (AvgIpc) is 2.68. The normalized spacial score (nSPS) is 16.8. The second-order valence-electron chi connectivity index (χ2n) is 9.14. The Bertz CT molecular complexity index is 1020. The third kappa shape index (κ3) is 5.73. The summed E-state index contributed by atoms with van der Waals surface area (Å²) in [6.07, 6.45) is 2.23. The van der Waals surface area contributed by atoms with Crippen molar-refractivity contribution in [3.63, 3.8) is 0 Å². The quantitative estimate of drug-likeness (QED) is 0.697. The predicted molar refractivity (Wildman–Crippen MR) is 122 cm³/mol. The minimum Gasteiger partial charge on any atom is -0.490 e. The molecule has 3 rings (SSSR count). The number of aromatic nitrogens is 1. The maximum atomic E-state index is 12.5. The minimum atomic E-state index is -0.613. The molecule has 1 saturated heterocycles. The SMILES string of the molecule is CC(C)Oc1cc2c(OC3CCCN(C(=O)OC(C)(C)C)C3)ncc(Cl)c2cc1C(N)=O. The van der Waals surface area contributed by atoms with Crippen molar-refractivity contribution in [2.75, 3.05) is 13.1 Å². The molecule has 1 aromatic heterocycles. The zero-order valence-corrected chi connectivity index (χ0v) is 19.9. The summed E-state index contributed by atoms with van der Waals surface area (Å²) in [4.78, 5) is 30.4. The highest BCUT2D eigenvalue weighted by Gasteiger charge is 2.29. The van der Waals surface area contributed by atoms with Gasteiger partial charge < -0.3 is 24.8 Å². The molecule has 1 fully saturated rings. The number of hydrogen-bond acceptors (Lipinski definition) is 6. The molecule has 0 radical (unpaired) electrons. The fraction of sp³-hybridized carbons (Fsp3) is 0.522. The van der Waals surface area contributed by atoms with Crippen LogP contribution < -0.4 is 15.2 Å². The summed E-state index contributed by atoms with van der Waals surface area (Å²) >= 11 is 6.35. The Morgan fingerprint density at radius 2 is 1.97 bits per heavy atom. The summed E-state index contributed by atoms with van der Waals surface area (Å²) in [7, 11) is 0. The smallest absolute Gasteiger partial charge is 0.410 e. The third-order valence-corrected chi connectivity index (χ3v) is 5.14. The van der Waals surface area contributed by atoms with E-state index in [-0.39, 0.29) is 23.9 Å². The van der Waals surface area contributed by atoms with E-state index in [0.717, 1.165) is 12.8 Å². The number of amides is 2. The van der Waals surface area contributed by atoms with Crippen molar-refractivity contribution in [3.8, 4) is 11.6 Å². The molecule has 2 aromatic rings. The monoisotopic (exact) mass is 463 g/mol. The first kappa shape index (κ1) is 23.9. The van der Waals surface area contributed by atoms with Crippen LogP contribution in [0.3, 0.4) is 0 Å². The van der Waals surface area contributed by atoms with Crippen molar-refractivity contribution in [2.45, 2.75) is 65.3 Å². The van der Waals surface area contributed by atoms with Crippen LogP contribution >= 0.6 is 11.6 Å². The molecule has 8 nitrogen and oxygen atoms in total. The van der Waals surface area contributed by atoms with Crippen LogP contribution in [-0.4, -0.2) is 52.8 Å². The number of nitrogens with zero attached hydrogens (tertiary/aromatic N) is 2.